The Kier molecular flexibility index (Phi) is 5.53. The number of carbonyl (C=O) groups excluding carboxylic acids is 1. The van der Waals surface area contributed by atoms with Crippen LogP contribution in [0.2, 0.25) is 5.02 Å². The van der Waals surface area contributed by atoms with Gasteiger partial charge in [0.05, 0.1) is 4.90 Å². The van der Waals surface area contributed by atoms with Gasteiger partial charge in [-0.25, -0.2) is 8.42 Å². The number of sulfonamides is 1. The number of halogens is 2. The van der Waals surface area contributed by atoms with Gasteiger partial charge in [0.2, 0.25) is 15.9 Å². The number of carbonyl (C=O) groups is 1. The van der Waals surface area contributed by atoms with Gasteiger partial charge in [0, 0.05) is 40.7 Å². The van der Waals surface area contributed by atoms with E-state index in [2.05, 4.69) is 22.0 Å². The minimum Gasteiger partial charge on any atom is -0.312 e. The topological polar surface area (TPSA) is 57.7 Å². The van der Waals surface area contributed by atoms with Gasteiger partial charge in [-0.2, -0.15) is 4.31 Å². The zero-order valence-electron chi connectivity index (χ0n) is 15.1. The summed E-state index contributed by atoms with van der Waals surface area (Å²) in [4.78, 5) is 15.1. The molecule has 0 N–H and O–H groups in total. The van der Waals surface area contributed by atoms with Crippen molar-refractivity contribution in [2.24, 2.45) is 5.92 Å². The van der Waals surface area contributed by atoms with Gasteiger partial charge in [-0.3, -0.25) is 4.79 Å². The van der Waals surface area contributed by atoms with Crippen molar-refractivity contribution in [1.29, 1.82) is 0 Å². The first-order chi connectivity index (χ1) is 13.4. The van der Waals surface area contributed by atoms with Gasteiger partial charge in [-0.15, -0.1) is 0 Å². The molecule has 2 aromatic rings. The molecule has 0 aromatic heterocycles. The molecule has 2 heterocycles. The van der Waals surface area contributed by atoms with E-state index in [4.69, 9.17) is 11.6 Å². The fraction of sp³-hybridized carbons (Fsp3) is 0.350. The molecule has 0 unspecified atom stereocenters. The predicted molar refractivity (Wildman–Crippen MR) is 113 cm³/mol. The number of hydrogen-bond donors (Lipinski definition) is 0. The fourth-order valence-corrected chi connectivity index (χ4v) is 5.92. The van der Waals surface area contributed by atoms with Crippen molar-refractivity contribution in [2.75, 3.05) is 24.5 Å². The molecule has 2 aromatic carbocycles. The van der Waals surface area contributed by atoms with Crippen molar-refractivity contribution in [2.45, 2.75) is 24.2 Å². The zero-order chi connectivity index (χ0) is 19.9. The van der Waals surface area contributed by atoms with Gasteiger partial charge >= 0.3 is 0 Å². The maximum Gasteiger partial charge on any atom is 0.243 e. The Labute approximate surface area is 178 Å². The van der Waals surface area contributed by atoms with Gasteiger partial charge in [-0.1, -0.05) is 27.5 Å². The van der Waals surface area contributed by atoms with Crippen molar-refractivity contribution in [3.05, 3.63) is 57.5 Å². The molecular weight excluding hydrogens is 464 g/mol. The summed E-state index contributed by atoms with van der Waals surface area (Å²) < 4.78 is 28.1. The average molecular weight is 484 g/mol. The van der Waals surface area contributed by atoms with Crippen LogP contribution in [0, 0.1) is 5.92 Å². The Balaban J connectivity index is 1.43. The van der Waals surface area contributed by atoms with Gasteiger partial charge in [0.1, 0.15) is 0 Å². The van der Waals surface area contributed by atoms with E-state index < -0.39 is 10.0 Å². The van der Waals surface area contributed by atoms with Crippen molar-refractivity contribution in [1.82, 2.24) is 4.31 Å². The number of nitrogens with zero attached hydrogens (tertiary/aromatic N) is 2. The number of hydrogen-bond acceptors (Lipinski definition) is 3. The summed E-state index contributed by atoms with van der Waals surface area (Å²) in [5.41, 5.74) is 2.15. The van der Waals surface area contributed by atoms with E-state index in [0.717, 1.165) is 16.6 Å². The van der Waals surface area contributed by atoms with Crippen molar-refractivity contribution < 1.29 is 13.2 Å². The molecule has 1 fully saturated rings. The molecule has 1 saturated heterocycles. The molecule has 0 atom stereocenters. The van der Waals surface area contributed by atoms with Gasteiger partial charge in [0.25, 0.3) is 0 Å². The Hall–Kier alpha value is -1.41. The van der Waals surface area contributed by atoms with E-state index in [0.29, 0.717) is 37.5 Å². The number of anilines is 1. The van der Waals surface area contributed by atoms with Crippen LogP contribution in [-0.4, -0.2) is 38.3 Å². The monoisotopic (exact) mass is 482 g/mol. The first-order valence-corrected chi connectivity index (χ1v) is 11.8. The van der Waals surface area contributed by atoms with Crippen LogP contribution in [0.3, 0.4) is 0 Å². The van der Waals surface area contributed by atoms with Gasteiger partial charge in [-0.05, 0) is 67.3 Å². The zero-order valence-corrected chi connectivity index (χ0v) is 18.3. The van der Waals surface area contributed by atoms with E-state index in [1.807, 2.05) is 17.0 Å². The SMILES string of the molecule is O=C(C1CCN(S(=O)(=O)c2ccc(Cl)cc2)CC1)N1CCc2cc(Br)ccc21. The highest BCUT2D eigenvalue weighted by atomic mass is 79.9. The molecule has 0 radical (unpaired) electrons. The second-order valence-electron chi connectivity index (χ2n) is 7.15. The van der Waals surface area contributed by atoms with Crippen molar-refractivity contribution in [3.8, 4) is 0 Å². The van der Waals surface area contributed by atoms with E-state index in [9.17, 15) is 13.2 Å². The molecule has 4 rings (SSSR count). The van der Waals surface area contributed by atoms with E-state index in [-0.39, 0.29) is 16.7 Å². The highest BCUT2D eigenvalue weighted by Crippen LogP contribution is 2.33. The second kappa shape index (κ2) is 7.78. The molecule has 0 saturated carbocycles. The maximum absolute atomic E-state index is 13.0. The van der Waals surface area contributed by atoms with Crippen molar-refractivity contribution in [3.63, 3.8) is 0 Å². The Morgan fingerprint density at radius 1 is 1.04 bits per heavy atom. The maximum atomic E-state index is 13.0. The molecule has 2 aliphatic heterocycles. The average Bonchev–Trinajstić information content (AvgIpc) is 3.11. The summed E-state index contributed by atoms with van der Waals surface area (Å²) in [5, 5.41) is 0.501. The summed E-state index contributed by atoms with van der Waals surface area (Å²) >= 11 is 9.33. The van der Waals surface area contributed by atoms with Crippen LogP contribution >= 0.6 is 27.5 Å². The minimum atomic E-state index is -3.56. The minimum absolute atomic E-state index is 0.101. The molecular formula is C20H20BrClN2O3S. The lowest BCUT2D eigenvalue weighted by molar-refractivity contribution is -0.123. The molecule has 8 heteroatoms. The first-order valence-electron chi connectivity index (χ1n) is 9.22. The number of rotatable bonds is 3. The second-order valence-corrected chi connectivity index (χ2v) is 10.4. The summed E-state index contributed by atoms with van der Waals surface area (Å²) in [6, 6.07) is 12.2. The third-order valence-electron chi connectivity index (χ3n) is 5.46. The smallest absolute Gasteiger partial charge is 0.243 e. The molecule has 0 bridgehead atoms. The fourth-order valence-electron chi connectivity index (χ4n) is 3.92. The normalized spacial score (nSPS) is 18.3. The van der Waals surface area contributed by atoms with Gasteiger partial charge in [0.15, 0.2) is 0 Å². The largest absolute Gasteiger partial charge is 0.312 e. The standard InChI is InChI=1S/C20H20BrClN2O3S/c21-16-1-6-19-15(13-16)9-12-24(19)20(25)14-7-10-23(11-8-14)28(26,27)18-4-2-17(22)3-5-18/h1-6,13-14H,7-12H2. The lowest BCUT2D eigenvalue weighted by Gasteiger charge is -2.32. The Morgan fingerprint density at radius 3 is 2.39 bits per heavy atom. The highest BCUT2D eigenvalue weighted by Gasteiger charge is 2.35. The lowest BCUT2D eigenvalue weighted by Crippen LogP contribution is -2.44. The van der Waals surface area contributed by atoms with Crippen LogP contribution in [0.25, 0.3) is 0 Å². The molecule has 0 aliphatic carbocycles. The third-order valence-corrected chi connectivity index (χ3v) is 8.12. The summed E-state index contributed by atoms with van der Waals surface area (Å²) in [5.74, 6) is -0.0455. The van der Waals surface area contributed by atoms with E-state index in [1.165, 1.54) is 22.0 Å². The lowest BCUT2D eigenvalue weighted by atomic mass is 9.96. The Bertz CT molecular complexity index is 1000. The van der Waals surface area contributed by atoms with Crippen LogP contribution < -0.4 is 4.90 Å². The predicted octanol–water partition coefficient (Wildman–Crippen LogP) is 4.09. The summed E-state index contributed by atoms with van der Waals surface area (Å²) in [7, 11) is -3.56. The van der Waals surface area contributed by atoms with Crippen molar-refractivity contribution >= 4 is 49.1 Å². The molecule has 5 nitrogen and oxygen atoms in total. The summed E-state index contributed by atoms with van der Waals surface area (Å²) in [6.45, 7) is 1.39. The number of amides is 1. The molecule has 2 aliphatic rings. The third kappa shape index (κ3) is 3.73. The highest BCUT2D eigenvalue weighted by molar-refractivity contribution is 9.10. The van der Waals surface area contributed by atoms with Crippen LogP contribution in [0.4, 0.5) is 5.69 Å². The number of benzene rings is 2. The molecule has 0 spiro atoms. The molecule has 28 heavy (non-hydrogen) atoms. The van der Waals surface area contributed by atoms with E-state index >= 15 is 0 Å². The van der Waals surface area contributed by atoms with Gasteiger partial charge < -0.3 is 4.90 Å². The summed E-state index contributed by atoms with van der Waals surface area (Å²) in [6.07, 6.45) is 1.92. The quantitative estimate of drug-likeness (QED) is 0.661. The number of fused-ring (bicyclic) bond motifs is 1. The number of piperidine rings is 1. The molecule has 148 valence electrons. The van der Waals surface area contributed by atoms with E-state index in [1.54, 1.807) is 12.1 Å². The molecule has 1 amide bonds. The van der Waals surface area contributed by atoms with Crippen LogP contribution in [0.1, 0.15) is 18.4 Å². The Morgan fingerprint density at radius 2 is 1.71 bits per heavy atom. The van der Waals surface area contributed by atoms with Crippen LogP contribution in [0.5, 0.6) is 0 Å². The van der Waals surface area contributed by atoms with Crippen LogP contribution in [0.15, 0.2) is 51.8 Å². The first kappa shape index (κ1) is 19.9. The van der Waals surface area contributed by atoms with Crippen LogP contribution in [-0.2, 0) is 21.2 Å².